The predicted octanol–water partition coefficient (Wildman–Crippen LogP) is 6.33. The molecule has 1 amide bonds. The summed E-state index contributed by atoms with van der Waals surface area (Å²) in [5, 5.41) is 2.42. The van der Waals surface area contributed by atoms with Gasteiger partial charge in [0.05, 0.1) is 19.3 Å². The van der Waals surface area contributed by atoms with Crippen LogP contribution in [-0.2, 0) is 16.1 Å². The highest BCUT2D eigenvalue weighted by Crippen LogP contribution is 2.32. The Morgan fingerprint density at radius 3 is 2.47 bits per heavy atom. The lowest BCUT2D eigenvalue weighted by molar-refractivity contribution is -0.0359. The molecule has 0 aliphatic carbocycles. The molecule has 4 rings (SSSR count). The van der Waals surface area contributed by atoms with Gasteiger partial charge in [-0.3, -0.25) is 0 Å². The molecule has 1 aliphatic heterocycles. The minimum Gasteiger partial charge on any atom is -0.444 e. The number of carbonyl (C=O) groups excluding carboxylic acids is 1. The molecule has 3 aromatic carbocycles. The molecule has 1 fully saturated rings. The topological polar surface area (TPSA) is 38.8 Å². The fraction of sp³-hybridized carbons (Fsp3) is 0.357. The molecule has 0 spiro atoms. The van der Waals surface area contributed by atoms with Crippen molar-refractivity contribution < 1.29 is 14.3 Å². The van der Waals surface area contributed by atoms with Gasteiger partial charge in [-0.1, -0.05) is 60.7 Å². The third-order valence-corrected chi connectivity index (χ3v) is 5.90. The number of benzene rings is 3. The van der Waals surface area contributed by atoms with Crippen LogP contribution in [0.5, 0.6) is 0 Å². The van der Waals surface area contributed by atoms with Crippen molar-refractivity contribution in [2.45, 2.75) is 51.4 Å². The Bertz CT molecular complexity index is 1070. The lowest BCUT2D eigenvalue weighted by Gasteiger charge is -2.39. The van der Waals surface area contributed by atoms with Gasteiger partial charge in [0.15, 0.2) is 0 Å². The van der Waals surface area contributed by atoms with Crippen molar-refractivity contribution in [2.75, 3.05) is 13.1 Å². The number of nitrogens with zero attached hydrogens (tertiary/aromatic N) is 1. The van der Waals surface area contributed by atoms with E-state index in [0.717, 1.165) is 17.5 Å². The third-order valence-electron chi connectivity index (χ3n) is 5.90. The summed E-state index contributed by atoms with van der Waals surface area (Å²) >= 11 is 0. The van der Waals surface area contributed by atoms with E-state index in [1.807, 2.05) is 39.0 Å². The van der Waals surface area contributed by atoms with Gasteiger partial charge in [0.1, 0.15) is 5.60 Å². The van der Waals surface area contributed by atoms with Gasteiger partial charge in [-0.15, -0.1) is 0 Å². The Balaban J connectivity index is 1.52. The van der Waals surface area contributed by atoms with E-state index in [1.165, 1.54) is 16.3 Å². The predicted molar refractivity (Wildman–Crippen MR) is 129 cm³/mol. The highest BCUT2D eigenvalue weighted by atomic mass is 16.6. The molecule has 1 radical (unpaired) electrons. The van der Waals surface area contributed by atoms with E-state index >= 15 is 0 Å². The van der Waals surface area contributed by atoms with Gasteiger partial charge in [-0.2, -0.15) is 0 Å². The van der Waals surface area contributed by atoms with Crippen molar-refractivity contribution in [2.24, 2.45) is 0 Å². The third kappa shape index (κ3) is 5.49. The first-order valence-corrected chi connectivity index (χ1v) is 11.3. The summed E-state index contributed by atoms with van der Waals surface area (Å²) in [5.41, 5.74) is 2.84. The molecule has 1 aliphatic rings. The molecule has 4 heteroatoms. The summed E-state index contributed by atoms with van der Waals surface area (Å²) in [5.74, 6) is 0.217. The zero-order valence-corrected chi connectivity index (χ0v) is 19.2. The fourth-order valence-electron chi connectivity index (χ4n) is 4.26. The largest absolute Gasteiger partial charge is 0.444 e. The quantitative estimate of drug-likeness (QED) is 0.485. The molecule has 1 saturated heterocycles. The van der Waals surface area contributed by atoms with Crippen LogP contribution in [0.1, 0.15) is 49.8 Å². The Morgan fingerprint density at radius 1 is 1.03 bits per heavy atom. The maximum absolute atomic E-state index is 12.7. The van der Waals surface area contributed by atoms with Gasteiger partial charge in [-0.05, 0) is 67.6 Å². The van der Waals surface area contributed by atoms with Crippen LogP contribution in [0.25, 0.3) is 10.8 Å². The van der Waals surface area contributed by atoms with E-state index in [-0.39, 0.29) is 18.1 Å². The van der Waals surface area contributed by atoms with Crippen LogP contribution in [0.15, 0.2) is 66.7 Å². The van der Waals surface area contributed by atoms with E-state index < -0.39 is 5.60 Å². The van der Waals surface area contributed by atoms with E-state index in [0.29, 0.717) is 19.7 Å². The average Bonchev–Trinajstić information content (AvgIpc) is 2.77. The number of piperidine rings is 1. The average molecular weight is 431 g/mol. The van der Waals surface area contributed by atoms with Crippen LogP contribution >= 0.6 is 0 Å². The molecule has 0 saturated carbocycles. The first-order valence-electron chi connectivity index (χ1n) is 11.3. The smallest absolute Gasteiger partial charge is 0.410 e. The van der Waals surface area contributed by atoms with Crippen molar-refractivity contribution in [1.82, 2.24) is 4.90 Å². The SMILES string of the molecule is [CH2]c1ccc(C2CCN(C(=O)OC(C)(C)C)CC2OCc2ccc3ccccc3c2)cc1. The fourth-order valence-corrected chi connectivity index (χ4v) is 4.26. The minimum absolute atomic E-state index is 0.113. The lowest BCUT2D eigenvalue weighted by Crippen LogP contribution is -2.48. The minimum atomic E-state index is -0.515. The summed E-state index contributed by atoms with van der Waals surface area (Å²) in [6.45, 7) is 11.3. The monoisotopic (exact) mass is 430 g/mol. The number of amides is 1. The molecule has 2 atom stereocenters. The molecule has 0 bridgehead atoms. The van der Waals surface area contributed by atoms with Gasteiger partial charge < -0.3 is 14.4 Å². The Morgan fingerprint density at radius 2 is 1.75 bits per heavy atom. The number of fused-ring (bicyclic) bond motifs is 1. The second kappa shape index (κ2) is 9.33. The van der Waals surface area contributed by atoms with Crippen molar-refractivity contribution in [3.8, 4) is 0 Å². The Labute approximate surface area is 191 Å². The maximum atomic E-state index is 12.7. The molecule has 3 aromatic rings. The summed E-state index contributed by atoms with van der Waals surface area (Å²) in [6.07, 6.45) is 0.444. The van der Waals surface area contributed by atoms with Crippen molar-refractivity contribution in [1.29, 1.82) is 0 Å². The number of hydrogen-bond donors (Lipinski definition) is 0. The number of ether oxygens (including phenoxy) is 2. The summed E-state index contributed by atoms with van der Waals surface area (Å²) < 4.78 is 12.1. The van der Waals surface area contributed by atoms with Crippen LogP contribution in [0, 0.1) is 6.92 Å². The molecule has 2 unspecified atom stereocenters. The van der Waals surface area contributed by atoms with E-state index in [4.69, 9.17) is 9.47 Å². The zero-order chi connectivity index (χ0) is 22.7. The van der Waals surface area contributed by atoms with E-state index in [9.17, 15) is 4.79 Å². The van der Waals surface area contributed by atoms with Gasteiger partial charge in [0.25, 0.3) is 0 Å². The normalized spacial score (nSPS) is 19.2. The van der Waals surface area contributed by atoms with Crippen LogP contribution in [-0.4, -0.2) is 35.8 Å². The molecule has 4 nitrogen and oxygen atoms in total. The van der Waals surface area contributed by atoms with E-state index in [2.05, 4.69) is 55.5 Å². The van der Waals surface area contributed by atoms with Crippen LogP contribution < -0.4 is 0 Å². The van der Waals surface area contributed by atoms with Gasteiger partial charge in [0.2, 0.25) is 0 Å². The van der Waals surface area contributed by atoms with Crippen molar-refractivity contribution in [3.63, 3.8) is 0 Å². The second-order valence-corrected chi connectivity index (χ2v) is 9.59. The Hall–Kier alpha value is -2.85. The molecule has 32 heavy (non-hydrogen) atoms. The van der Waals surface area contributed by atoms with Crippen LogP contribution in [0.3, 0.4) is 0 Å². The molecular weight excluding hydrogens is 398 g/mol. The number of carbonyl (C=O) groups is 1. The number of likely N-dealkylation sites (tertiary alicyclic amines) is 1. The number of hydrogen-bond acceptors (Lipinski definition) is 3. The molecular formula is C28H32NO3. The molecule has 1 heterocycles. The maximum Gasteiger partial charge on any atom is 0.410 e. The van der Waals surface area contributed by atoms with Crippen molar-refractivity contribution >= 4 is 16.9 Å². The zero-order valence-electron chi connectivity index (χ0n) is 19.2. The molecule has 0 N–H and O–H groups in total. The first-order chi connectivity index (χ1) is 15.3. The molecule has 167 valence electrons. The van der Waals surface area contributed by atoms with Crippen LogP contribution in [0.2, 0.25) is 0 Å². The van der Waals surface area contributed by atoms with E-state index in [1.54, 1.807) is 4.90 Å². The lowest BCUT2D eigenvalue weighted by atomic mass is 9.86. The molecule has 0 aromatic heterocycles. The highest BCUT2D eigenvalue weighted by molar-refractivity contribution is 5.82. The standard InChI is InChI=1S/C28H32NO3/c1-20-9-12-23(13-10-20)25-15-16-29(27(30)32-28(2,3)4)18-26(25)31-19-21-11-14-22-7-5-6-8-24(22)17-21/h5-14,17,25-26H,1,15-16,18-19H2,2-4H3. The van der Waals surface area contributed by atoms with Gasteiger partial charge in [-0.25, -0.2) is 4.79 Å². The van der Waals surface area contributed by atoms with Gasteiger partial charge in [0, 0.05) is 12.5 Å². The van der Waals surface area contributed by atoms with Gasteiger partial charge >= 0.3 is 6.09 Å². The second-order valence-electron chi connectivity index (χ2n) is 9.59. The highest BCUT2D eigenvalue weighted by Gasteiger charge is 2.35. The first kappa shape index (κ1) is 22.3. The summed E-state index contributed by atoms with van der Waals surface area (Å²) in [6, 6.07) is 23.1. The van der Waals surface area contributed by atoms with Crippen LogP contribution in [0.4, 0.5) is 4.79 Å². The summed E-state index contributed by atoms with van der Waals surface area (Å²) in [7, 11) is 0. The Kier molecular flexibility index (Phi) is 6.52. The number of rotatable bonds is 4. The van der Waals surface area contributed by atoms with Crippen molar-refractivity contribution in [3.05, 3.63) is 90.3 Å². The summed E-state index contributed by atoms with van der Waals surface area (Å²) in [4.78, 5) is 14.5.